The summed E-state index contributed by atoms with van der Waals surface area (Å²) in [4.78, 5) is 0. The van der Waals surface area contributed by atoms with Crippen LogP contribution in [0.1, 0.15) is 18.4 Å². The molecule has 1 saturated carbocycles. The van der Waals surface area contributed by atoms with Gasteiger partial charge in [-0.15, -0.1) is 0 Å². The molecule has 3 nitrogen and oxygen atoms in total. The van der Waals surface area contributed by atoms with E-state index in [1.165, 1.54) is 0 Å². The molecule has 1 aromatic rings. The van der Waals surface area contributed by atoms with Crippen molar-refractivity contribution in [1.82, 2.24) is 0 Å². The molecule has 0 saturated heterocycles. The molecule has 1 aromatic carbocycles. The van der Waals surface area contributed by atoms with Crippen LogP contribution in [0.3, 0.4) is 0 Å². The normalized spacial score (nSPS) is 15.8. The van der Waals surface area contributed by atoms with Crippen LogP contribution >= 0.6 is 28.4 Å². The van der Waals surface area contributed by atoms with Crippen LogP contribution in [0.4, 0.5) is 11.4 Å². The Morgan fingerprint density at radius 3 is 2.87 bits per heavy atom. The molecule has 0 bridgehead atoms. The lowest BCUT2D eigenvalue weighted by Gasteiger charge is -2.11. The minimum atomic E-state index is 0.463. The van der Waals surface area contributed by atoms with Gasteiger partial charge in [-0.2, -0.15) is 0 Å². The van der Waals surface area contributed by atoms with Crippen molar-refractivity contribution in [2.24, 2.45) is 5.92 Å². The Bertz CT molecular complexity index is 390. The zero-order valence-electron chi connectivity index (χ0n) is 8.18. The summed E-state index contributed by atoms with van der Waals surface area (Å²) in [6, 6.07) is 5.75. The molecule has 4 N–H and O–H groups in total. The van der Waals surface area contributed by atoms with Gasteiger partial charge in [0.25, 0.3) is 0 Å². The van der Waals surface area contributed by atoms with E-state index in [9.17, 15) is 0 Å². The minimum absolute atomic E-state index is 0.463. The number of halogens is 1. The second-order valence-electron chi connectivity index (χ2n) is 3.71. The van der Waals surface area contributed by atoms with E-state index in [-0.39, 0.29) is 0 Å². The van der Waals surface area contributed by atoms with Crippen LogP contribution < -0.4 is 10.8 Å². The van der Waals surface area contributed by atoms with E-state index in [1.54, 1.807) is 0 Å². The van der Waals surface area contributed by atoms with Crippen molar-refractivity contribution in [1.29, 1.82) is 5.41 Å². The minimum Gasteiger partial charge on any atom is -0.399 e. The Kier molecular flexibility index (Phi) is 3.46. The number of nitrogen functional groups attached to an aromatic ring is 1. The smallest absolute Gasteiger partial charge is 0.0469 e. The zero-order chi connectivity index (χ0) is 10.8. The van der Waals surface area contributed by atoms with Crippen LogP contribution in [0.5, 0.6) is 0 Å². The molecule has 15 heavy (non-hydrogen) atoms. The van der Waals surface area contributed by atoms with Crippen molar-refractivity contribution >= 4 is 45.5 Å². The second-order valence-corrected chi connectivity index (χ2v) is 5.77. The van der Waals surface area contributed by atoms with Gasteiger partial charge in [-0.05, 0) is 53.1 Å². The third-order valence-electron chi connectivity index (χ3n) is 2.50. The van der Waals surface area contributed by atoms with Crippen LogP contribution in [-0.4, -0.2) is 5.71 Å². The summed E-state index contributed by atoms with van der Waals surface area (Å²) < 4.78 is 0. The Morgan fingerprint density at radius 2 is 2.27 bits per heavy atom. The fourth-order valence-electron chi connectivity index (χ4n) is 1.54. The lowest BCUT2D eigenvalue weighted by atomic mass is 10.0. The van der Waals surface area contributed by atoms with E-state index in [4.69, 9.17) is 11.1 Å². The molecule has 0 radical (unpaired) electrons. The highest BCUT2D eigenvalue weighted by molar-refractivity contribution is 14.2. The van der Waals surface area contributed by atoms with Gasteiger partial charge in [-0.1, -0.05) is 0 Å². The Balaban J connectivity index is 2.32. The first-order valence-corrected chi connectivity index (χ1v) is 8.94. The molecule has 0 aromatic heterocycles. The molecule has 1 aliphatic carbocycles. The van der Waals surface area contributed by atoms with Gasteiger partial charge in [0.15, 0.2) is 0 Å². The average molecular weight is 333 g/mol. The van der Waals surface area contributed by atoms with E-state index < -0.39 is 0 Å². The summed E-state index contributed by atoms with van der Waals surface area (Å²) in [7, 11) is 0. The Labute approximate surface area is 104 Å². The average Bonchev–Trinajstić information content (AvgIpc) is 3.03. The van der Waals surface area contributed by atoms with Crippen LogP contribution in [0.25, 0.3) is 0 Å². The Hall–Kier alpha value is -0.350. The summed E-state index contributed by atoms with van der Waals surface area (Å²) in [5, 5.41) is 11.4. The van der Waals surface area contributed by atoms with Crippen LogP contribution in [0.15, 0.2) is 18.2 Å². The van der Waals surface area contributed by atoms with Crippen molar-refractivity contribution in [3.05, 3.63) is 23.8 Å². The van der Waals surface area contributed by atoms with Gasteiger partial charge in [0, 0.05) is 34.9 Å². The van der Waals surface area contributed by atoms with Crippen molar-refractivity contribution in [3.63, 3.8) is 0 Å². The molecular weight excluding hydrogens is 320 g/mol. The van der Waals surface area contributed by atoms with Crippen molar-refractivity contribution in [2.45, 2.75) is 12.8 Å². The second kappa shape index (κ2) is 4.66. The first-order chi connectivity index (χ1) is 7.22. The van der Waals surface area contributed by atoms with E-state index in [1.807, 2.05) is 18.2 Å². The van der Waals surface area contributed by atoms with E-state index >= 15 is 0 Å². The molecule has 1 unspecified atom stereocenters. The molecule has 1 aliphatic rings. The number of hydrogen-bond acceptors (Lipinski definition) is 3. The van der Waals surface area contributed by atoms with Gasteiger partial charge in [-0.25, -0.2) is 0 Å². The zero-order valence-corrected chi connectivity index (χ0v) is 11.3. The monoisotopic (exact) mass is 333 g/mol. The predicted octanol–water partition coefficient (Wildman–Crippen LogP) is 3.40. The molecule has 1 fully saturated rings. The Morgan fingerprint density at radius 1 is 1.53 bits per heavy atom. The first-order valence-electron chi connectivity index (χ1n) is 4.82. The highest BCUT2D eigenvalue weighted by atomic mass is 127. The van der Waals surface area contributed by atoms with Gasteiger partial charge in [0.1, 0.15) is 0 Å². The summed E-state index contributed by atoms with van der Waals surface area (Å²) in [6.45, 7) is 0. The maximum Gasteiger partial charge on any atom is 0.0469 e. The quantitative estimate of drug-likeness (QED) is 0.342. The molecule has 5 heteroatoms. The number of nitrogens with two attached hydrogens (primary N) is 1. The molecule has 0 aliphatic heterocycles. The molecular formula is C10H13IN3P. The standard InChI is InChI=1S/C10H13IN3P/c11-15-14-9-4-3-7(12)5-8(9)10(13)6-1-2-6/h3-6,13-15H,1-2,12H2. The number of nitrogens with one attached hydrogen (secondary N) is 2. The molecule has 0 spiro atoms. The third-order valence-corrected chi connectivity index (χ3v) is 3.67. The van der Waals surface area contributed by atoms with Crippen molar-refractivity contribution < 1.29 is 0 Å². The molecule has 0 heterocycles. The molecule has 80 valence electrons. The maximum atomic E-state index is 8.07. The van der Waals surface area contributed by atoms with E-state index in [0.29, 0.717) is 12.3 Å². The maximum absolute atomic E-state index is 8.07. The van der Waals surface area contributed by atoms with Gasteiger partial charge in [0.2, 0.25) is 0 Å². The van der Waals surface area contributed by atoms with Crippen LogP contribution in [0.2, 0.25) is 0 Å². The molecule has 0 amide bonds. The van der Waals surface area contributed by atoms with Gasteiger partial charge >= 0.3 is 0 Å². The topological polar surface area (TPSA) is 61.9 Å². The highest BCUT2D eigenvalue weighted by Crippen LogP contribution is 2.36. The summed E-state index contributed by atoms with van der Waals surface area (Å²) in [5.74, 6) is 0.463. The SMILES string of the molecule is N=C(c1cc(N)ccc1NPI)C1CC1. The highest BCUT2D eigenvalue weighted by Gasteiger charge is 2.28. The van der Waals surface area contributed by atoms with Crippen molar-refractivity contribution in [3.8, 4) is 0 Å². The largest absolute Gasteiger partial charge is 0.399 e. The summed E-state index contributed by atoms with van der Waals surface area (Å²) in [6.07, 6.45) is 2.92. The predicted molar refractivity (Wildman–Crippen MR) is 76.4 cm³/mol. The molecule has 1 atom stereocenters. The fraction of sp³-hybridized carbons (Fsp3) is 0.300. The van der Waals surface area contributed by atoms with Gasteiger partial charge in [-0.3, -0.25) is 0 Å². The number of hydrogen-bond donors (Lipinski definition) is 3. The lowest BCUT2D eigenvalue weighted by Crippen LogP contribution is -2.05. The number of rotatable bonds is 4. The third kappa shape index (κ3) is 2.61. The molecule has 2 rings (SSSR count). The van der Waals surface area contributed by atoms with Gasteiger partial charge < -0.3 is 16.2 Å². The summed E-state index contributed by atoms with van der Waals surface area (Å²) >= 11 is 2.29. The number of anilines is 2. The lowest BCUT2D eigenvalue weighted by molar-refractivity contribution is 1.16. The first kappa shape index (κ1) is 11.1. The van der Waals surface area contributed by atoms with E-state index in [0.717, 1.165) is 35.5 Å². The van der Waals surface area contributed by atoms with Crippen LogP contribution in [-0.2, 0) is 0 Å². The van der Waals surface area contributed by atoms with Gasteiger partial charge in [0.05, 0.1) is 0 Å². The summed E-state index contributed by atoms with van der Waals surface area (Å²) in [5.41, 5.74) is 9.24. The number of benzene rings is 1. The van der Waals surface area contributed by atoms with Crippen LogP contribution in [0, 0.1) is 11.3 Å². The van der Waals surface area contributed by atoms with E-state index in [2.05, 4.69) is 27.1 Å². The fourth-order valence-corrected chi connectivity index (χ4v) is 2.73. The van der Waals surface area contributed by atoms with Crippen molar-refractivity contribution in [2.75, 3.05) is 10.8 Å².